The lowest BCUT2D eigenvalue weighted by Gasteiger charge is -2.30. The van der Waals surface area contributed by atoms with E-state index in [-0.39, 0.29) is 16.9 Å². The molecule has 1 aliphatic heterocycles. The summed E-state index contributed by atoms with van der Waals surface area (Å²) in [6, 6.07) is 0. The summed E-state index contributed by atoms with van der Waals surface area (Å²) in [6.45, 7) is 6.85. The van der Waals surface area contributed by atoms with Crippen LogP contribution >= 0.6 is 0 Å². The van der Waals surface area contributed by atoms with Crippen LogP contribution in [0.1, 0.15) is 39.3 Å². The van der Waals surface area contributed by atoms with Gasteiger partial charge in [0.1, 0.15) is 5.69 Å². The fraction of sp³-hybridized carbons (Fsp3) is 0.692. The van der Waals surface area contributed by atoms with Gasteiger partial charge in [-0.3, -0.25) is 14.6 Å². The highest BCUT2D eigenvalue weighted by atomic mass is 16.4. The highest BCUT2D eigenvalue weighted by molar-refractivity contribution is 5.70. The zero-order valence-corrected chi connectivity index (χ0v) is 12.0. The fourth-order valence-electron chi connectivity index (χ4n) is 2.30. The third-order valence-corrected chi connectivity index (χ3v) is 3.54. The Balaban J connectivity index is 2.14. The predicted molar refractivity (Wildman–Crippen MR) is 73.9 cm³/mol. The summed E-state index contributed by atoms with van der Waals surface area (Å²) in [5.74, 6) is -0.640. The van der Waals surface area contributed by atoms with Crippen molar-refractivity contribution in [2.75, 3.05) is 18.0 Å². The molecule has 7 nitrogen and oxygen atoms in total. The van der Waals surface area contributed by atoms with Gasteiger partial charge in [0.05, 0.1) is 5.92 Å². The maximum absolute atomic E-state index is 12.0. The molecule has 110 valence electrons. The van der Waals surface area contributed by atoms with Crippen molar-refractivity contribution in [3.8, 4) is 0 Å². The summed E-state index contributed by atoms with van der Waals surface area (Å²) in [4.78, 5) is 27.5. The third-order valence-electron chi connectivity index (χ3n) is 3.54. The molecule has 1 aliphatic rings. The number of carboxylic acids is 1. The van der Waals surface area contributed by atoms with E-state index < -0.39 is 5.97 Å². The van der Waals surface area contributed by atoms with Gasteiger partial charge in [-0.15, -0.1) is 10.2 Å². The summed E-state index contributed by atoms with van der Waals surface area (Å²) >= 11 is 0. The minimum Gasteiger partial charge on any atom is -0.481 e. The molecule has 0 amide bonds. The van der Waals surface area contributed by atoms with E-state index in [2.05, 4.69) is 15.2 Å². The van der Waals surface area contributed by atoms with Gasteiger partial charge < -0.3 is 10.0 Å². The molecular formula is C13H20N4O3. The number of carboxylic acid groups (broad SMARTS) is 1. The van der Waals surface area contributed by atoms with E-state index in [1.165, 1.54) is 0 Å². The van der Waals surface area contributed by atoms with Gasteiger partial charge in [0.15, 0.2) is 0 Å². The van der Waals surface area contributed by atoms with Crippen LogP contribution in [0.4, 0.5) is 5.95 Å². The first-order chi connectivity index (χ1) is 9.29. The van der Waals surface area contributed by atoms with Crippen LogP contribution in [-0.4, -0.2) is 39.3 Å². The number of H-pyrrole nitrogens is 1. The van der Waals surface area contributed by atoms with E-state index >= 15 is 0 Å². The lowest BCUT2D eigenvalue weighted by Crippen LogP contribution is -2.39. The van der Waals surface area contributed by atoms with Crippen molar-refractivity contribution in [2.24, 2.45) is 5.92 Å². The first-order valence-electron chi connectivity index (χ1n) is 6.74. The molecule has 2 heterocycles. The summed E-state index contributed by atoms with van der Waals surface area (Å²) in [6.07, 6.45) is 1.11. The van der Waals surface area contributed by atoms with Crippen LogP contribution in [0.2, 0.25) is 0 Å². The van der Waals surface area contributed by atoms with Gasteiger partial charge in [-0.1, -0.05) is 20.8 Å². The normalized spacial score (nSPS) is 17.2. The van der Waals surface area contributed by atoms with Gasteiger partial charge in [-0.05, 0) is 12.8 Å². The lowest BCUT2D eigenvalue weighted by atomic mass is 9.93. The highest BCUT2D eigenvalue weighted by Gasteiger charge is 2.27. The monoisotopic (exact) mass is 280 g/mol. The molecule has 1 saturated heterocycles. The summed E-state index contributed by atoms with van der Waals surface area (Å²) in [5, 5.41) is 17.1. The second-order valence-corrected chi connectivity index (χ2v) is 6.18. The quantitative estimate of drug-likeness (QED) is 0.830. The number of aliphatic carboxylic acids is 1. The minimum atomic E-state index is -0.757. The number of aromatic amines is 1. The van der Waals surface area contributed by atoms with Crippen LogP contribution in [0.3, 0.4) is 0 Å². The Morgan fingerprint density at radius 2 is 1.90 bits per heavy atom. The van der Waals surface area contributed by atoms with Crippen LogP contribution < -0.4 is 10.5 Å². The van der Waals surface area contributed by atoms with Gasteiger partial charge in [-0.2, -0.15) is 0 Å². The standard InChI is InChI=1S/C13H20N4O3/c1-13(2,3)9-10(18)14-12(16-15-9)17-6-4-8(5-7-17)11(19)20/h8H,4-7H2,1-3H3,(H,19,20)(H,14,16,18). The Hall–Kier alpha value is -1.92. The maximum Gasteiger partial charge on any atom is 0.306 e. The summed E-state index contributed by atoms with van der Waals surface area (Å²) < 4.78 is 0. The van der Waals surface area contributed by atoms with Crippen molar-refractivity contribution in [2.45, 2.75) is 39.0 Å². The number of hydrogen-bond donors (Lipinski definition) is 2. The Morgan fingerprint density at radius 3 is 2.35 bits per heavy atom. The van der Waals surface area contributed by atoms with Gasteiger partial charge >= 0.3 is 5.97 Å². The Kier molecular flexibility index (Phi) is 3.78. The molecule has 0 atom stereocenters. The molecular weight excluding hydrogens is 260 g/mol. The maximum atomic E-state index is 12.0. The van der Waals surface area contributed by atoms with E-state index in [0.29, 0.717) is 37.6 Å². The van der Waals surface area contributed by atoms with Crippen molar-refractivity contribution < 1.29 is 9.90 Å². The molecule has 2 N–H and O–H groups in total. The SMILES string of the molecule is CC(C)(C)c1nnc(N2CCC(C(=O)O)CC2)[nH]c1=O. The zero-order valence-electron chi connectivity index (χ0n) is 12.0. The number of aromatic nitrogens is 3. The van der Waals surface area contributed by atoms with Crippen molar-refractivity contribution in [3.63, 3.8) is 0 Å². The second kappa shape index (κ2) is 5.22. The van der Waals surface area contributed by atoms with E-state index in [1.54, 1.807) is 0 Å². The molecule has 1 aromatic heterocycles. The zero-order chi connectivity index (χ0) is 14.9. The molecule has 0 aliphatic carbocycles. The Morgan fingerprint density at radius 1 is 1.30 bits per heavy atom. The van der Waals surface area contributed by atoms with Gasteiger partial charge in [0, 0.05) is 18.5 Å². The number of rotatable bonds is 2. The average molecular weight is 280 g/mol. The summed E-state index contributed by atoms with van der Waals surface area (Å²) in [5.41, 5.74) is -0.181. The predicted octanol–water partition coefficient (Wildman–Crippen LogP) is 0.763. The summed E-state index contributed by atoms with van der Waals surface area (Å²) in [7, 11) is 0. The number of nitrogens with one attached hydrogen (secondary N) is 1. The van der Waals surface area contributed by atoms with Gasteiger partial charge in [0.2, 0.25) is 5.95 Å². The molecule has 0 radical (unpaired) electrons. The molecule has 1 aromatic rings. The van der Waals surface area contributed by atoms with Crippen LogP contribution in [0, 0.1) is 5.92 Å². The number of piperidine rings is 1. The van der Waals surface area contributed by atoms with E-state index in [4.69, 9.17) is 5.11 Å². The molecule has 0 bridgehead atoms. The second-order valence-electron chi connectivity index (χ2n) is 6.18. The van der Waals surface area contributed by atoms with Crippen LogP contribution in [-0.2, 0) is 10.2 Å². The molecule has 0 aromatic carbocycles. The van der Waals surface area contributed by atoms with Crippen LogP contribution in [0.25, 0.3) is 0 Å². The first kappa shape index (κ1) is 14.5. The largest absolute Gasteiger partial charge is 0.481 e. The average Bonchev–Trinajstić information content (AvgIpc) is 2.37. The van der Waals surface area contributed by atoms with E-state index in [0.717, 1.165) is 0 Å². The Labute approximate surface area is 117 Å². The molecule has 0 unspecified atom stereocenters. The molecule has 0 spiro atoms. The Bertz CT molecular complexity index is 553. The number of nitrogens with zero attached hydrogens (tertiary/aromatic N) is 3. The highest BCUT2D eigenvalue weighted by Crippen LogP contribution is 2.21. The minimum absolute atomic E-state index is 0.233. The first-order valence-corrected chi connectivity index (χ1v) is 6.74. The molecule has 2 rings (SSSR count). The van der Waals surface area contributed by atoms with Crippen LogP contribution in [0.5, 0.6) is 0 Å². The molecule has 20 heavy (non-hydrogen) atoms. The molecule has 1 fully saturated rings. The van der Waals surface area contributed by atoms with Crippen LogP contribution in [0.15, 0.2) is 4.79 Å². The smallest absolute Gasteiger partial charge is 0.306 e. The van der Waals surface area contributed by atoms with Gasteiger partial charge in [-0.25, -0.2) is 0 Å². The topological polar surface area (TPSA) is 99.2 Å². The van der Waals surface area contributed by atoms with E-state index in [9.17, 15) is 9.59 Å². The van der Waals surface area contributed by atoms with Gasteiger partial charge in [0.25, 0.3) is 5.56 Å². The molecule has 0 saturated carbocycles. The number of hydrogen-bond acceptors (Lipinski definition) is 5. The van der Waals surface area contributed by atoms with Crippen molar-refractivity contribution in [3.05, 3.63) is 16.0 Å². The third kappa shape index (κ3) is 2.97. The van der Waals surface area contributed by atoms with E-state index in [1.807, 2.05) is 25.7 Å². The number of carbonyl (C=O) groups is 1. The fourth-order valence-corrected chi connectivity index (χ4v) is 2.30. The lowest BCUT2D eigenvalue weighted by molar-refractivity contribution is -0.142. The molecule has 7 heteroatoms. The number of anilines is 1. The van der Waals surface area contributed by atoms with Crippen molar-refractivity contribution in [1.82, 2.24) is 15.2 Å². The van der Waals surface area contributed by atoms with Crippen molar-refractivity contribution in [1.29, 1.82) is 0 Å². The van der Waals surface area contributed by atoms with Crippen molar-refractivity contribution >= 4 is 11.9 Å².